The molecule has 5 heteroatoms. The molecule has 0 aliphatic rings. The summed E-state index contributed by atoms with van der Waals surface area (Å²) in [6, 6.07) is 49.1. The molecule has 0 bridgehead atoms. The highest BCUT2D eigenvalue weighted by atomic mass is 15.0. The van der Waals surface area contributed by atoms with Crippen molar-refractivity contribution >= 4 is 43.6 Å². The highest BCUT2D eigenvalue weighted by Gasteiger charge is 2.18. The van der Waals surface area contributed by atoms with Gasteiger partial charge in [0.1, 0.15) is 0 Å². The number of rotatable bonds is 3. The summed E-state index contributed by atoms with van der Waals surface area (Å²) in [7, 11) is 0. The second-order valence-corrected chi connectivity index (χ2v) is 10.8. The molecular formula is C39H21N5. The van der Waals surface area contributed by atoms with E-state index in [-0.39, 0.29) is 0 Å². The summed E-state index contributed by atoms with van der Waals surface area (Å²) in [6.07, 6.45) is 0. The first-order chi connectivity index (χ1) is 21.7. The average molecular weight is 560 g/mol. The van der Waals surface area contributed by atoms with Crippen molar-refractivity contribution in [3.05, 3.63) is 144 Å². The minimum absolute atomic E-state index is 0.560. The van der Waals surface area contributed by atoms with Crippen molar-refractivity contribution in [2.75, 3.05) is 0 Å². The zero-order valence-electron chi connectivity index (χ0n) is 23.4. The first-order valence-corrected chi connectivity index (χ1v) is 14.2. The summed E-state index contributed by atoms with van der Waals surface area (Å²) in [5.74, 6) is 0. The molecule has 0 aliphatic heterocycles. The summed E-state index contributed by atoms with van der Waals surface area (Å²) in [5, 5.41) is 33.6. The Morgan fingerprint density at radius 1 is 0.409 bits per heavy atom. The van der Waals surface area contributed by atoms with Crippen LogP contribution in [0.5, 0.6) is 0 Å². The maximum absolute atomic E-state index is 10.2. The summed E-state index contributed by atoms with van der Waals surface area (Å²) >= 11 is 0. The lowest BCUT2D eigenvalue weighted by Gasteiger charge is -2.16. The van der Waals surface area contributed by atoms with E-state index in [1.165, 1.54) is 0 Å². The lowest BCUT2D eigenvalue weighted by atomic mass is 10.00. The molecule has 0 N–H and O–H groups in total. The van der Waals surface area contributed by atoms with Crippen molar-refractivity contribution in [1.82, 2.24) is 9.13 Å². The van der Waals surface area contributed by atoms with Crippen molar-refractivity contribution in [3.63, 3.8) is 0 Å². The van der Waals surface area contributed by atoms with Crippen LogP contribution < -0.4 is 0 Å². The quantitative estimate of drug-likeness (QED) is 0.216. The van der Waals surface area contributed by atoms with E-state index in [0.29, 0.717) is 16.7 Å². The molecule has 8 rings (SSSR count). The highest BCUT2D eigenvalue weighted by molar-refractivity contribution is 6.11. The number of fused-ring (bicyclic) bond motifs is 6. The standard InChI is InChI=1S/C39H21N5/c40-22-25-13-15-38-33(19-25)34-20-26(23-41)14-16-39(34)44(38)35-10-4-1-7-30(35)28-17-27(24-42)18-29(21-28)43-36-11-5-2-8-31(36)32-9-3-6-12-37(32)43/h1-21H. The van der Waals surface area contributed by atoms with Gasteiger partial charge in [-0.1, -0.05) is 54.6 Å². The van der Waals surface area contributed by atoms with Gasteiger partial charge in [0, 0.05) is 32.8 Å². The van der Waals surface area contributed by atoms with Gasteiger partial charge < -0.3 is 9.13 Å². The van der Waals surface area contributed by atoms with E-state index in [4.69, 9.17) is 0 Å². The van der Waals surface area contributed by atoms with Crippen molar-refractivity contribution in [1.29, 1.82) is 15.8 Å². The van der Waals surface area contributed by atoms with Gasteiger partial charge in [-0.3, -0.25) is 0 Å². The lowest BCUT2D eigenvalue weighted by molar-refractivity contribution is 1.17. The van der Waals surface area contributed by atoms with E-state index in [2.05, 4.69) is 81.9 Å². The Kier molecular flexibility index (Phi) is 5.56. The van der Waals surface area contributed by atoms with E-state index >= 15 is 0 Å². The van der Waals surface area contributed by atoms with Crippen molar-refractivity contribution < 1.29 is 0 Å². The summed E-state index contributed by atoms with van der Waals surface area (Å²) in [4.78, 5) is 0. The van der Waals surface area contributed by atoms with Gasteiger partial charge >= 0.3 is 0 Å². The van der Waals surface area contributed by atoms with Gasteiger partial charge in [0.05, 0.1) is 62.7 Å². The lowest BCUT2D eigenvalue weighted by Crippen LogP contribution is -1.99. The Morgan fingerprint density at radius 3 is 1.52 bits per heavy atom. The molecule has 2 heterocycles. The van der Waals surface area contributed by atoms with Crippen molar-refractivity contribution in [3.8, 4) is 40.7 Å². The summed E-state index contributed by atoms with van der Waals surface area (Å²) in [6.45, 7) is 0. The number of benzene rings is 6. The van der Waals surface area contributed by atoms with Crippen LogP contribution in [0.15, 0.2) is 127 Å². The second-order valence-electron chi connectivity index (χ2n) is 10.8. The van der Waals surface area contributed by atoms with Crippen LogP contribution in [0, 0.1) is 34.0 Å². The zero-order valence-corrected chi connectivity index (χ0v) is 23.4. The summed E-state index contributed by atoms with van der Waals surface area (Å²) in [5.41, 5.74) is 9.41. The van der Waals surface area contributed by atoms with Gasteiger partial charge in [-0.15, -0.1) is 0 Å². The Balaban J connectivity index is 1.42. The fraction of sp³-hybridized carbons (Fsp3) is 0. The Bertz CT molecular complexity index is 2470. The number of aromatic nitrogens is 2. The minimum Gasteiger partial charge on any atom is -0.309 e. The Hall–Kier alpha value is -6.61. The Labute approximate surface area is 252 Å². The zero-order chi connectivity index (χ0) is 29.8. The summed E-state index contributed by atoms with van der Waals surface area (Å²) < 4.78 is 4.41. The molecule has 0 amide bonds. The monoisotopic (exact) mass is 559 g/mol. The van der Waals surface area contributed by atoms with E-state index < -0.39 is 0 Å². The second kappa shape index (κ2) is 9.74. The fourth-order valence-electron chi connectivity index (χ4n) is 6.50. The predicted molar refractivity (Wildman–Crippen MR) is 175 cm³/mol. The molecule has 44 heavy (non-hydrogen) atoms. The number of nitrogens with zero attached hydrogens (tertiary/aromatic N) is 5. The van der Waals surface area contributed by atoms with E-state index in [0.717, 1.165) is 66.1 Å². The number of nitriles is 3. The topological polar surface area (TPSA) is 81.2 Å². The molecule has 0 unspecified atom stereocenters. The molecule has 202 valence electrons. The van der Waals surface area contributed by atoms with Gasteiger partial charge in [0.15, 0.2) is 0 Å². The molecule has 8 aromatic rings. The SMILES string of the molecule is N#Cc1cc(-c2ccccc2-n2c3ccc(C#N)cc3c3cc(C#N)ccc32)cc(-n2c3ccccc3c3ccccc32)c1. The number of para-hydroxylation sites is 3. The third-order valence-electron chi connectivity index (χ3n) is 8.36. The van der Waals surface area contributed by atoms with E-state index in [1.807, 2.05) is 72.8 Å². The third-order valence-corrected chi connectivity index (χ3v) is 8.36. The van der Waals surface area contributed by atoms with Gasteiger partial charge in [-0.25, -0.2) is 0 Å². The van der Waals surface area contributed by atoms with Crippen LogP contribution in [-0.2, 0) is 0 Å². The molecule has 0 aliphatic carbocycles. The van der Waals surface area contributed by atoms with Crippen molar-refractivity contribution in [2.45, 2.75) is 0 Å². The molecule has 0 saturated heterocycles. The molecule has 0 saturated carbocycles. The smallest absolute Gasteiger partial charge is 0.0992 e. The van der Waals surface area contributed by atoms with Gasteiger partial charge in [0.25, 0.3) is 0 Å². The van der Waals surface area contributed by atoms with Crippen LogP contribution >= 0.6 is 0 Å². The minimum atomic E-state index is 0.560. The van der Waals surface area contributed by atoms with Crippen LogP contribution in [0.3, 0.4) is 0 Å². The third kappa shape index (κ3) is 3.70. The maximum atomic E-state index is 10.2. The number of hydrogen-bond acceptors (Lipinski definition) is 3. The van der Waals surface area contributed by atoms with Gasteiger partial charge in [0.2, 0.25) is 0 Å². The molecule has 0 atom stereocenters. The maximum Gasteiger partial charge on any atom is 0.0992 e. The Morgan fingerprint density at radius 2 is 0.932 bits per heavy atom. The van der Waals surface area contributed by atoms with Crippen LogP contribution in [0.2, 0.25) is 0 Å². The average Bonchev–Trinajstić information content (AvgIpc) is 3.60. The predicted octanol–water partition coefficient (Wildman–Crippen LogP) is 9.16. The largest absolute Gasteiger partial charge is 0.309 e. The fourth-order valence-corrected chi connectivity index (χ4v) is 6.50. The molecule has 5 nitrogen and oxygen atoms in total. The first kappa shape index (κ1) is 25.1. The van der Waals surface area contributed by atoms with Gasteiger partial charge in [-0.2, -0.15) is 15.8 Å². The number of hydrogen-bond donors (Lipinski definition) is 0. The highest BCUT2D eigenvalue weighted by Crippen LogP contribution is 2.39. The molecule has 2 aromatic heterocycles. The first-order valence-electron chi connectivity index (χ1n) is 14.2. The molecule has 0 spiro atoms. The van der Waals surface area contributed by atoms with Crippen molar-refractivity contribution in [2.24, 2.45) is 0 Å². The molecule has 6 aromatic carbocycles. The van der Waals surface area contributed by atoms with Crippen LogP contribution in [0.4, 0.5) is 0 Å². The molecule has 0 radical (unpaired) electrons. The van der Waals surface area contributed by atoms with Crippen LogP contribution in [0.25, 0.3) is 66.1 Å². The van der Waals surface area contributed by atoms with Crippen LogP contribution in [-0.4, -0.2) is 9.13 Å². The van der Waals surface area contributed by atoms with Crippen LogP contribution in [0.1, 0.15) is 16.7 Å². The van der Waals surface area contributed by atoms with E-state index in [9.17, 15) is 15.8 Å². The normalized spacial score (nSPS) is 11.1. The molecular weight excluding hydrogens is 538 g/mol. The molecule has 0 fully saturated rings. The van der Waals surface area contributed by atoms with E-state index in [1.54, 1.807) is 0 Å². The van der Waals surface area contributed by atoms with Gasteiger partial charge in [-0.05, 0) is 78.4 Å².